The van der Waals surface area contributed by atoms with E-state index in [-0.39, 0.29) is 0 Å². The van der Waals surface area contributed by atoms with Crippen molar-refractivity contribution >= 4 is 31.9 Å². The van der Waals surface area contributed by atoms with Crippen LogP contribution in [0.4, 0.5) is 0 Å². The van der Waals surface area contributed by atoms with E-state index in [1.54, 1.807) is 0 Å². The highest BCUT2D eigenvalue weighted by atomic mass is 79.9. The molecule has 21 heavy (non-hydrogen) atoms. The van der Waals surface area contributed by atoms with Crippen molar-refractivity contribution in [1.82, 2.24) is 5.32 Å². The fourth-order valence-electron chi connectivity index (χ4n) is 2.12. The molecule has 1 aliphatic carbocycles. The van der Waals surface area contributed by atoms with Gasteiger partial charge in [0.1, 0.15) is 23.9 Å². The second-order valence-electron chi connectivity index (χ2n) is 5.31. The Balaban J connectivity index is 1.60. The van der Waals surface area contributed by atoms with Gasteiger partial charge in [0.15, 0.2) is 0 Å². The molecule has 1 aromatic carbocycles. The van der Waals surface area contributed by atoms with Gasteiger partial charge in [-0.25, -0.2) is 0 Å². The summed E-state index contributed by atoms with van der Waals surface area (Å²) in [5, 5.41) is 3.50. The van der Waals surface area contributed by atoms with E-state index in [0.29, 0.717) is 12.6 Å². The van der Waals surface area contributed by atoms with Crippen LogP contribution in [-0.2, 0) is 13.2 Å². The first-order chi connectivity index (χ1) is 10.1. The quantitative estimate of drug-likeness (QED) is 0.726. The van der Waals surface area contributed by atoms with Gasteiger partial charge in [-0.2, -0.15) is 0 Å². The molecule has 1 saturated carbocycles. The Morgan fingerprint density at radius 3 is 2.81 bits per heavy atom. The Bertz CT molecular complexity index is 635. The molecule has 0 unspecified atom stereocenters. The van der Waals surface area contributed by atoms with Gasteiger partial charge < -0.3 is 14.5 Å². The third-order valence-electron chi connectivity index (χ3n) is 3.49. The lowest BCUT2D eigenvalue weighted by atomic mass is 10.2. The minimum Gasteiger partial charge on any atom is -0.484 e. The second-order valence-corrected chi connectivity index (χ2v) is 7.08. The molecule has 0 saturated heterocycles. The molecule has 1 heterocycles. The lowest BCUT2D eigenvalue weighted by molar-refractivity contribution is 0.266. The topological polar surface area (TPSA) is 34.4 Å². The number of aryl methyl sites for hydroxylation is 1. The van der Waals surface area contributed by atoms with Crippen molar-refractivity contribution in [2.75, 3.05) is 0 Å². The zero-order valence-corrected chi connectivity index (χ0v) is 15.0. The molecule has 3 nitrogen and oxygen atoms in total. The van der Waals surface area contributed by atoms with E-state index >= 15 is 0 Å². The van der Waals surface area contributed by atoms with E-state index in [2.05, 4.69) is 43.2 Å². The molecule has 3 rings (SSSR count). The molecule has 5 heteroatoms. The number of rotatable bonds is 6. The van der Waals surface area contributed by atoms with Crippen molar-refractivity contribution in [3.8, 4) is 5.75 Å². The van der Waals surface area contributed by atoms with Gasteiger partial charge in [0.25, 0.3) is 0 Å². The SMILES string of the molecule is Cc1oc(COc2ccc(Br)cc2Br)cc1CNC1CC1. The van der Waals surface area contributed by atoms with Crippen LogP contribution >= 0.6 is 31.9 Å². The van der Waals surface area contributed by atoms with Crippen LogP contribution in [0.3, 0.4) is 0 Å². The molecule has 0 aliphatic heterocycles. The lowest BCUT2D eigenvalue weighted by Gasteiger charge is -2.06. The van der Waals surface area contributed by atoms with Crippen LogP contribution in [0.1, 0.15) is 29.9 Å². The number of hydrogen-bond acceptors (Lipinski definition) is 3. The van der Waals surface area contributed by atoms with E-state index in [0.717, 1.165) is 32.8 Å². The van der Waals surface area contributed by atoms with Gasteiger partial charge >= 0.3 is 0 Å². The third kappa shape index (κ3) is 4.11. The average Bonchev–Trinajstić information content (AvgIpc) is 3.20. The molecular formula is C16H17Br2NO2. The zero-order valence-electron chi connectivity index (χ0n) is 11.8. The second kappa shape index (κ2) is 6.55. The van der Waals surface area contributed by atoms with Crippen molar-refractivity contribution in [2.45, 2.75) is 39.0 Å². The van der Waals surface area contributed by atoms with Crippen molar-refractivity contribution < 1.29 is 9.15 Å². The average molecular weight is 415 g/mol. The van der Waals surface area contributed by atoms with Gasteiger partial charge in [-0.15, -0.1) is 0 Å². The molecule has 1 fully saturated rings. The number of nitrogens with one attached hydrogen (secondary N) is 1. The predicted molar refractivity (Wildman–Crippen MR) is 89.5 cm³/mol. The van der Waals surface area contributed by atoms with Gasteiger partial charge in [0.05, 0.1) is 4.47 Å². The van der Waals surface area contributed by atoms with Crippen LogP contribution in [0.25, 0.3) is 0 Å². The minimum absolute atomic E-state index is 0.435. The first-order valence-corrected chi connectivity index (χ1v) is 8.60. The predicted octanol–water partition coefficient (Wildman–Crippen LogP) is 4.94. The van der Waals surface area contributed by atoms with Crippen LogP contribution in [-0.4, -0.2) is 6.04 Å². The largest absolute Gasteiger partial charge is 0.484 e. The van der Waals surface area contributed by atoms with E-state index in [1.165, 1.54) is 18.4 Å². The fourth-order valence-corrected chi connectivity index (χ4v) is 3.28. The minimum atomic E-state index is 0.435. The lowest BCUT2D eigenvalue weighted by Crippen LogP contribution is -2.15. The fraction of sp³-hybridized carbons (Fsp3) is 0.375. The summed E-state index contributed by atoms with van der Waals surface area (Å²) in [6, 6.07) is 8.64. The maximum atomic E-state index is 5.80. The maximum Gasteiger partial charge on any atom is 0.146 e. The molecule has 0 amide bonds. The highest BCUT2D eigenvalue weighted by Gasteiger charge is 2.21. The van der Waals surface area contributed by atoms with Gasteiger partial charge in [-0.3, -0.25) is 0 Å². The normalized spacial score (nSPS) is 14.4. The summed E-state index contributed by atoms with van der Waals surface area (Å²) in [7, 11) is 0. The number of furan rings is 1. The van der Waals surface area contributed by atoms with Crippen molar-refractivity contribution in [3.63, 3.8) is 0 Å². The summed E-state index contributed by atoms with van der Waals surface area (Å²) in [5.74, 6) is 2.64. The van der Waals surface area contributed by atoms with Crippen LogP contribution in [0.5, 0.6) is 5.75 Å². The van der Waals surface area contributed by atoms with Crippen molar-refractivity contribution in [3.05, 3.63) is 50.3 Å². The Morgan fingerprint density at radius 1 is 1.29 bits per heavy atom. The standard InChI is InChI=1S/C16H17Br2NO2/c1-10-11(8-19-13-3-4-13)6-14(21-10)9-20-16-5-2-12(17)7-15(16)18/h2,5-7,13,19H,3-4,8-9H2,1H3. The Hall–Kier alpha value is -0.780. The Morgan fingerprint density at radius 2 is 2.10 bits per heavy atom. The van der Waals surface area contributed by atoms with E-state index in [4.69, 9.17) is 9.15 Å². The van der Waals surface area contributed by atoms with E-state index < -0.39 is 0 Å². The molecule has 1 aliphatic rings. The molecule has 112 valence electrons. The number of halogens is 2. The van der Waals surface area contributed by atoms with Crippen molar-refractivity contribution in [2.24, 2.45) is 0 Å². The number of ether oxygens (including phenoxy) is 1. The zero-order chi connectivity index (χ0) is 14.8. The molecule has 2 aromatic rings. The number of hydrogen-bond donors (Lipinski definition) is 1. The monoisotopic (exact) mass is 413 g/mol. The van der Waals surface area contributed by atoms with Crippen LogP contribution < -0.4 is 10.1 Å². The maximum absolute atomic E-state index is 5.80. The summed E-state index contributed by atoms with van der Waals surface area (Å²) in [5.41, 5.74) is 1.22. The molecule has 1 aromatic heterocycles. The van der Waals surface area contributed by atoms with E-state index in [1.807, 2.05) is 25.1 Å². The van der Waals surface area contributed by atoms with Crippen LogP contribution in [0.2, 0.25) is 0 Å². The van der Waals surface area contributed by atoms with Crippen LogP contribution in [0.15, 0.2) is 37.6 Å². The molecule has 1 N–H and O–H groups in total. The van der Waals surface area contributed by atoms with Gasteiger partial charge in [-0.05, 0) is 60.0 Å². The smallest absolute Gasteiger partial charge is 0.146 e. The third-order valence-corrected chi connectivity index (χ3v) is 4.61. The molecule has 0 atom stereocenters. The summed E-state index contributed by atoms with van der Waals surface area (Å²) in [6.07, 6.45) is 2.59. The first-order valence-electron chi connectivity index (χ1n) is 7.01. The number of benzene rings is 1. The summed E-state index contributed by atoms with van der Waals surface area (Å²) in [4.78, 5) is 0. The highest BCUT2D eigenvalue weighted by molar-refractivity contribution is 9.11. The summed E-state index contributed by atoms with van der Waals surface area (Å²) in [6.45, 7) is 3.31. The van der Waals surface area contributed by atoms with Gasteiger partial charge in [-0.1, -0.05) is 15.9 Å². The summed E-state index contributed by atoms with van der Waals surface area (Å²) < 4.78 is 13.5. The van der Waals surface area contributed by atoms with Gasteiger partial charge in [0.2, 0.25) is 0 Å². The summed E-state index contributed by atoms with van der Waals surface area (Å²) >= 11 is 6.92. The Labute approximate surface area is 141 Å². The molecular weight excluding hydrogens is 398 g/mol. The highest BCUT2D eigenvalue weighted by Crippen LogP contribution is 2.29. The molecule has 0 bridgehead atoms. The van der Waals surface area contributed by atoms with Gasteiger partial charge in [0, 0.05) is 22.6 Å². The first kappa shape index (κ1) is 15.1. The van der Waals surface area contributed by atoms with E-state index in [9.17, 15) is 0 Å². The Kier molecular flexibility index (Phi) is 4.72. The molecule has 0 radical (unpaired) electrons. The van der Waals surface area contributed by atoms with Crippen molar-refractivity contribution in [1.29, 1.82) is 0 Å². The van der Waals surface area contributed by atoms with Crippen LogP contribution in [0, 0.1) is 6.92 Å². The molecule has 0 spiro atoms.